The fraction of sp³-hybridized carbons (Fsp3) is 0.381. The third-order valence-electron chi connectivity index (χ3n) is 5.51. The van der Waals surface area contributed by atoms with Gasteiger partial charge < -0.3 is 15.1 Å². The molecule has 1 aromatic heterocycles. The van der Waals surface area contributed by atoms with Crippen molar-refractivity contribution < 1.29 is 22.4 Å². The van der Waals surface area contributed by atoms with E-state index in [1.165, 1.54) is 35.6 Å². The molecule has 1 amide bonds. The Morgan fingerprint density at radius 3 is 2.70 bits per heavy atom. The van der Waals surface area contributed by atoms with Gasteiger partial charge in [0.2, 0.25) is 15.9 Å². The summed E-state index contributed by atoms with van der Waals surface area (Å²) in [6.07, 6.45) is 1.61. The lowest BCUT2D eigenvalue weighted by atomic mass is 10.0. The van der Waals surface area contributed by atoms with Gasteiger partial charge in [-0.15, -0.1) is 0 Å². The van der Waals surface area contributed by atoms with Crippen molar-refractivity contribution >= 4 is 38.9 Å². The highest BCUT2D eigenvalue weighted by Crippen LogP contribution is 2.27. The number of carbonyl (C=O) groups excluding carboxylic acids is 1. The molecule has 0 bridgehead atoms. The number of pyridine rings is 1. The Morgan fingerprint density at radius 2 is 2.03 bits per heavy atom. The minimum absolute atomic E-state index is 0.0352. The number of aromatic nitrogens is 1. The number of anilines is 1. The molecular weight excluding hydrogens is 473 g/mol. The van der Waals surface area contributed by atoms with Crippen molar-refractivity contribution in [1.82, 2.24) is 14.6 Å². The predicted octanol–water partition coefficient (Wildman–Crippen LogP) is 2.01. The fourth-order valence-corrected chi connectivity index (χ4v) is 5.63. The van der Waals surface area contributed by atoms with Gasteiger partial charge >= 0.3 is 0 Å². The Kier molecular flexibility index (Phi) is 6.82. The molecule has 3 heterocycles. The van der Waals surface area contributed by atoms with Gasteiger partial charge in [-0.2, -0.15) is 4.31 Å². The van der Waals surface area contributed by atoms with E-state index in [2.05, 4.69) is 15.5 Å². The van der Waals surface area contributed by atoms with E-state index in [1.54, 1.807) is 12.1 Å². The second-order valence-electron chi connectivity index (χ2n) is 7.76. The first-order valence-corrected chi connectivity index (χ1v) is 12.2. The number of sulfonamides is 1. The molecule has 1 aromatic carbocycles. The van der Waals surface area contributed by atoms with Gasteiger partial charge in [0.15, 0.2) is 0 Å². The van der Waals surface area contributed by atoms with Crippen LogP contribution < -0.4 is 10.2 Å². The number of nitrogens with zero attached hydrogens (tertiary/aromatic N) is 4. The van der Waals surface area contributed by atoms with Crippen LogP contribution in [0.3, 0.4) is 0 Å². The molecule has 1 unspecified atom stereocenters. The SMILES string of the molecule is CC(=O)NCC1CC(c2ccc(N3CCN(S(=O)(=O)c4cccnc4Cl)CC3)c(F)c2)=NO1. The molecule has 2 aliphatic heterocycles. The zero-order valence-electron chi connectivity index (χ0n) is 17.9. The molecule has 4 rings (SSSR count). The normalized spacial score (nSPS) is 19.2. The number of piperazine rings is 1. The first-order chi connectivity index (χ1) is 15.8. The van der Waals surface area contributed by atoms with Crippen molar-refractivity contribution in [2.45, 2.75) is 24.3 Å². The highest BCUT2D eigenvalue weighted by atomic mass is 35.5. The maximum atomic E-state index is 14.9. The Labute approximate surface area is 196 Å². The molecule has 9 nitrogen and oxygen atoms in total. The van der Waals surface area contributed by atoms with E-state index < -0.39 is 15.8 Å². The highest BCUT2D eigenvalue weighted by molar-refractivity contribution is 7.89. The Balaban J connectivity index is 1.39. The van der Waals surface area contributed by atoms with E-state index in [9.17, 15) is 17.6 Å². The fourth-order valence-electron chi connectivity index (χ4n) is 3.78. The number of hydrogen-bond donors (Lipinski definition) is 1. The van der Waals surface area contributed by atoms with Gasteiger partial charge in [0.25, 0.3) is 0 Å². The molecule has 1 atom stereocenters. The molecule has 0 spiro atoms. The first kappa shape index (κ1) is 23.4. The highest BCUT2D eigenvalue weighted by Gasteiger charge is 2.31. The van der Waals surface area contributed by atoms with Crippen molar-refractivity contribution in [2.75, 3.05) is 37.6 Å². The van der Waals surface area contributed by atoms with Crippen LogP contribution in [0.15, 0.2) is 46.6 Å². The van der Waals surface area contributed by atoms with Gasteiger partial charge in [0, 0.05) is 51.3 Å². The molecule has 1 fully saturated rings. The molecule has 0 saturated carbocycles. The van der Waals surface area contributed by atoms with Gasteiger partial charge in [-0.25, -0.2) is 17.8 Å². The maximum Gasteiger partial charge on any atom is 0.246 e. The van der Waals surface area contributed by atoms with Crippen molar-refractivity contribution in [1.29, 1.82) is 0 Å². The summed E-state index contributed by atoms with van der Waals surface area (Å²) in [4.78, 5) is 22.0. The molecule has 33 heavy (non-hydrogen) atoms. The molecule has 0 radical (unpaired) electrons. The monoisotopic (exact) mass is 495 g/mol. The van der Waals surface area contributed by atoms with Crippen LogP contribution in [0.5, 0.6) is 0 Å². The van der Waals surface area contributed by atoms with Crippen LogP contribution in [0.2, 0.25) is 5.15 Å². The third-order valence-corrected chi connectivity index (χ3v) is 7.86. The summed E-state index contributed by atoms with van der Waals surface area (Å²) < 4.78 is 42.0. The van der Waals surface area contributed by atoms with E-state index in [0.717, 1.165) is 0 Å². The largest absolute Gasteiger partial charge is 0.390 e. The number of halogens is 2. The van der Waals surface area contributed by atoms with Crippen molar-refractivity contribution in [3.8, 4) is 0 Å². The summed E-state index contributed by atoms with van der Waals surface area (Å²) in [6.45, 7) is 2.81. The standard InChI is InChI=1S/C21H23ClFN5O4S/c1-14(29)25-13-16-12-18(26-32-16)15-4-5-19(17(23)11-15)27-7-9-28(10-8-27)33(30,31)20-3-2-6-24-21(20)22/h2-6,11,16H,7-10,12-13H2,1H3,(H,25,29). The lowest BCUT2D eigenvalue weighted by molar-refractivity contribution is -0.119. The Hall–Kier alpha value is -2.76. The van der Waals surface area contributed by atoms with Crippen LogP contribution in [-0.4, -0.2) is 68.2 Å². The van der Waals surface area contributed by atoms with Gasteiger partial charge in [-0.1, -0.05) is 22.8 Å². The molecule has 0 aliphatic carbocycles. The van der Waals surface area contributed by atoms with Gasteiger partial charge in [-0.3, -0.25) is 4.79 Å². The zero-order chi connectivity index (χ0) is 23.6. The first-order valence-electron chi connectivity index (χ1n) is 10.4. The second-order valence-corrected chi connectivity index (χ2v) is 10.0. The molecule has 2 aliphatic rings. The van der Waals surface area contributed by atoms with Crippen LogP contribution in [-0.2, 0) is 19.7 Å². The average Bonchev–Trinajstić information content (AvgIpc) is 3.27. The number of amides is 1. The summed E-state index contributed by atoms with van der Waals surface area (Å²) in [6, 6.07) is 7.77. The summed E-state index contributed by atoms with van der Waals surface area (Å²) in [5.74, 6) is -0.578. The minimum atomic E-state index is -3.78. The summed E-state index contributed by atoms with van der Waals surface area (Å²) in [5.41, 5.74) is 1.61. The van der Waals surface area contributed by atoms with Crippen LogP contribution >= 0.6 is 11.6 Å². The van der Waals surface area contributed by atoms with Gasteiger partial charge in [0.1, 0.15) is 22.0 Å². The quantitative estimate of drug-likeness (QED) is 0.615. The summed E-state index contributed by atoms with van der Waals surface area (Å²) >= 11 is 5.97. The summed E-state index contributed by atoms with van der Waals surface area (Å²) in [7, 11) is -3.78. The van der Waals surface area contributed by atoms with Crippen LogP contribution in [0.4, 0.5) is 10.1 Å². The van der Waals surface area contributed by atoms with Gasteiger partial charge in [-0.05, 0) is 24.3 Å². The van der Waals surface area contributed by atoms with E-state index in [0.29, 0.717) is 43.0 Å². The maximum absolute atomic E-state index is 14.9. The zero-order valence-corrected chi connectivity index (χ0v) is 19.4. The predicted molar refractivity (Wildman–Crippen MR) is 121 cm³/mol. The number of benzene rings is 1. The number of nitrogens with one attached hydrogen (secondary N) is 1. The molecule has 1 N–H and O–H groups in total. The molecular formula is C21H23ClFN5O4S. The topological polar surface area (TPSA) is 104 Å². The van der Waals surface area contributed by atoms with Crippen LogP contribution in [0.25, 0.3) is 0 Å². The van der Waals surface area contributed by atoms with Crippen LogP contribution in [0, 0.1) is 5.82 Å². The smallest absolute Gasteiger partial charge is 0.246 e. The Morgan fingerprint density at radius 1 is 1.27 bits per heavy atom. The van der Waals surface area contributed by atoms with E-state index in [-0.39, 0.29) is 35.1 Å². The molecule has 176 valence electrons. The third kappa shape index (κ3) is 5.10. The van der Waals surface area contributed by atoms with Crippen molar-refractivity contribution in [2.24, 2.45) is 5.16 Å². The Bertz CT molecular complexity index is 1180. The van der Waals surface area contributed by atoms with Crippen molar-refractivity contribution in [3.63, 3.8) is 0 Å². The second kappa shape index (κ2) is 9.62. The van der Waals surface area contributed by atoms with E-state index in [1.807, 2.05) is 4.90 Å². The van der Waals surface area contributed by atoms with E-state index >= 15 is 0 Å². The lowest BCUT2D eigenvalue weighted by Crippen LogP contribution is -2.49. The number of hydrogen-bond acceptors (Lipinski definition) is 7. The number of rotatable bonds is 6. The van der Waals surface area contributed by atoms with E-state index in [4.69, 9.17) is 16.4 Å². The average molecular weight is 496 g/mol. The molecule has 12 heteroatoms. The van der Waals surface area contributed by atoms with Gasteiger partial charge in [0.05, 0.1) is 17.9 Å². The number of oxime groups is 1. The molecule has 1 saturated heterocycles. The lowest BCUT2D eigenvalue weighted by Gasteiger charge is -2.35. The minimum Gasteiger partial charge on any atom is -0.390 e. The van der Waals surface area contributed by atoms with Crippen LogP contribution in [0.1, 0.15) is 18.9 Å². The van der Waals surface area contributed by atoms with Crippen molar-refractivity contribution in [3.05, 3.63) is 53.1 Å². The molecule has 2 aromatic rings. The summed E-state index contributed by atoms with van der Waals surface area (Å²) in [5, 5.41) is 6.62. The number of carbonyl (C=O) groups is 1.